The Bertz CT molecular complexity index is 644. The van der Waals surface area contributed by atoms with Gasteiger partial charge in [-0.2, -0.15) is 0 Å². The van der Waals surface area contributed by atoms with Crippen LogP contribution in [0.4, 0.5) is 0 Å². The Kier molecular flexibility index (Phi) is 14.9. The molecule has 0 bridgehead atoms. The number of aliphatic hydroxyl groups is 1. The Morgan fingerprint density at radius 3 is 2.26 bits per heavy atom. The molecule has 1 aromatic carbocycles. The van der Waals surface area contributed by atoms with Gasteiger partial charge in [0.15, 0.2) is 8.32 Å². The van der Waals surface area contributed by atoms with Gasteiger partial charge in [0, 0.05) is 12.7 Å². The summed E-state index contributed by atoms with van der Waals surface area (Å²) < 4.78 is 17.9. The van der Waals surface area contributed by atoms with Crippen LogP contribution in [0.5, 0.6) is 0 Å². The van der Waals surface area contributed by atoms with Gasteiger partial charge in [-0.25, -0.2) is 0 Å². The molecule has 196 valence electrons. The van der Waals surface area contributed by atoms with E-state index in [1.165, 1.54) is 0 Å². The smallest absolute Gasteiger partial charge is 0.293 e. The van der Waals surface area contributed by atoms with E-state index >= 15 is 0 Å². The minimum Gasteiger partial charge on any atom is -0.465 e. The molecule has 0 unspecified atom stereocenters. The molecule has 0 aromatic heterocycles. The van der Waals surface area contributed by atoms with Crippen LogP contribution in [-0.4, -0.2) is 44.8 Å². The number of rotatable bonds is 19. The molecule has 0 fully saturated rings. The zero-order valence-electron chi connectivity index (χ0n) is 22.6. The Morgan fingerprint density at radius 2 is 1.65 bits per heavy atom. The molecule has 1 aromatic rings. The molecule has 34 heavy (non-hydrogen) atoms. The number of benzene rings is 1. The molecule has 1 rings (SSSR count). The predicted octanol–water partition coefficient (Wildman–Crippen LogP) is 7.03. The van der Waals surface area contributed by atoms with Gasteiger partial charge in [0.05, 0.1) is 12.7 Å². The van der Waals surface area contributed by atoms with Gasteiger partial charge in [0.2, 0.25) is 0 Å². The zero-order chi connectivity index (χ0) is 25.5. The molecule has 0 aliphatic rings. The van der Waals surface area contributed by atoms with E-state index in [4.69, 9.17) is 13.9 Å². The van der Waals surface area contributed by atoms with Gasteiger partial charge >= 0.3 is 0 Å². The molecule has 0 saturated heterocycles. The van der Waals surface area contributed by atoms with Gasteiger partial charge in [0.1, 0.15) is 6.10 Å². The van der Waals surface area contributed by atoms with E-state index in [2.05, 4.69) is 52.9 Å². The van der Waals surface area contributed by atoms with Crippen LogP contribution >= 0.6 is 0 Å². The lowest BCUT2D eigenvalue weighted by Gasteiger charge is -2.40. The van der Waals surface area contributed by atoms with Crippen molar-refractivity contribution in [3.63, 3.8) is 0 Å². The fraction of sp³-hybridized carbons (Fsp3) is 0.750. The molecule has 0 saturated carbocycles. The molecule has 0 aliphatic heterocycles. The molecule has 0 amide bonds. The van der Waals surface area contributed by atoms with Gasteiger partial charge in [0.25, 0.3) is 6.47 Å². The van der Waals surface area contributed by atoms with Crippen LogP contribution in [0.3, 0.4) is 0 Å². The average Bonchev–Trinajstić information content (AvgIpc) is 2.76. The first-order valence-electron chi connectivity index (χ1n) is 13.2. The number of ether oxygens (including phenoxy) is 2. The SMILES string of the molecule is CCCCC[C@H](CCC[C@@H](O)C[C@H](CCOCc1ccccc1)O[Si](C)(C)C(C)(C)C)OC=O. The van der Waals surface area contributed by atoms with Crippen LogP contribution in [-0.2, 0) is 25.3 Å². The van der Waals surface area contributed by atoms with Crippen molar-refractivity contribution in [3.05, 3.63) is 35.9 Å². The number of carbonyl (C=O) groups is 1. The Balaban J connectivity index is 2.56. The Morgan fingerprint density at radius 1 is 0.971 bits per heavy atom. The highest BCUT2D eigenvalue weighted by Crippen LogP contribution is 2.38. The Hall–Kier alpha value is -1.21. The number of unbranched alkanes of at least 4 members (excludes halogenated alkanes) is 2. The van der Waals surface area contributed by atoms with Crippen molar-refractivity contribution < 1.29 is 23.8 Å². The summed E-state index contributed by atoms with van der Waals surface area (Å²) in [5, 5.41) is 10.9. The van der Waals surface area contributed by atoms with E-state index in [9.17, 15) is 9.90 Å². The lowest BCUT2D eigenvalue weighted by atomic mass is 10.0. The van der Waals surface area contributed by atoms with Crippen LogP contribution in [0.2, 0.25) is 18.1 Å². The molecule has 0 spiro atoms. The van der Waals surface area contributed by atoms with Crippen LogP contribution < -0.4 is 0 Å². The summed E-state index contributed by atoms with van der Waals surface area (Å²) in [5.74, 6) is 0. The normalized spacial score (nSPS) is 15.0. The third kappa shape index (κ3) is 13.0. The highest BCUT2D eigenvalue weighted by molar-refractivity contribution is 6.74. The lowest BCUT2D eigenvalue weighted by molar-refractivity contribution is -0.134. The summed E-state index contributed by atoms with van der Waals surface area (Å²) in [6, 6.07) is 10.2. The Labute approximate surface area is 209 Å². The molecule has 6 heteroatoms. The maximum Gasteiger partial charge on any atom is 0.293 e. The van der Waals surface area contributed by atoms with Crippen molar-refractivity contribution in [2.45, 2.75) is 129 Å². The van der Waals surface area contributed by atoms with Crippen LogP contribution in [0.25, 0.3) is 0 Å². The van der Waals surface area contributed by atoms with Gasteiger partial charge in [-0.3, -0.25) is 4.79 Å². The highest BCUT2D eigenvalue weighted by atomic mass is 28.4. The molecular weight excluding hydrogens is 444 g/mol. The van der Waals surface area contributed by atoms with E-state index in [1.807, 2.05) is 18.2 Å². The van der Waals surface area contributed by atoms with Crippen molar-refractivity contribution in [3.8, 4) is 0 Å². The minimum absolute atomic E-state index is 0.0294. The second-order valence-electron chi connectivity index (χ2n) is 11.0. The van der Waals surface area contributed by atoms with E-state index in [-0.39, 0.29) is 17.2 Å². The summed E-state index contributed by atoms with van der Waals surface area (Å²) in [7, 11) is -1.96. The number of hydrogen-bond donors (Lipinski definition) is 1. The van der Waals surface area contributed by atoms with Crippen molar-refractivity contribution in [2.75, 3.05) is 6.61 Å². The first kappa shape index (κ1) is 30.8. The van der Waals surface area contributed by atoms with E-state index in [0.717, 1.165) is 50.5 Å². The van der Waals surface area contributed by atoms with E-state index in [0.29, 0.717) is 32.5 Å². The average molecular weight is 495 g/mol. The van der Waals surface area contributed by atoms with Crippen molar-refractivity contribution in [2.24, 2.45) is 0 Å². The van der Waals surface area contributed by atoms with Gasteiger partial charge in [-0.15, -0.1) is 0 Å². The van der Waals surface area contributed by atoms with Gasteiger partial charge < -0.3 is 19.0 Å². The topological polar surface area (TPSA) is 65.0 Å². The summed E-state index contributed by atoms with van der Waals surface area (Å²) >= 11 is 0. The van der Waals surface area contributed by atoms with Gasteiger partial charge in [-0.05, 0) is 68.6 Å². The third-order valence-electron chi connectivity index (χ3n) is 6.94. The first-order chi connectivity index (χ1) is 16.1. The molecular formula is C28H50O5Si. The molecule has 1 N–H and O–H groups in total. The predicted molar refractivity (Wildman–Crippen MR) is 142 cm³/mol. The van der Waals surface area contributed by atoms with E-state index in [1.54, 1.807) is 0 Å². The number of hydrogen-bond acceptors (Lipinski definition) is 5. The molecule has 0 heterocycles. The number of aliphatic hydroxyl groups excluding tert-OH is 1. The first-order valence-corrected chi connectivity index (χ1v) is 16.1. The van der Waals surface area contributed by atoms with Crippen molar-refractivity contribution >= 4 is 14.8 Å². The largest absolute Gasteiger partial charge is 0.465 e. The molecule has 0 radical (unpaired) electrons. The highest BCUT2D eigenvalue weighted by Gasteiger charge is 2.39. The fourth-order valence-corrected chi connectivity index (χ4v) is 5.18. The quantitative estimate of drug-likeness (QED) is 0.127. The van der Waals surface area contributed by atoms with Crippen molar-refractivity contribution in [1.29, 1.82) is 0 Å². The lowest BCUT2D eigenvalue weighted by Crippen LogP contribution is -2.45. The minimum atomic E-state index is -1.96. The standard InChI is InChI=1S/C28H50O5Si/c1-7-8-10-17-26(32-23-29)18-13-16-25(30)21-27(33-34(5,6)28(2,3)4)19-20-31-22-24-14-11-9-12-15-24/h9,11-12,14-15,23,25-27,30H,7-8,10,13,16-22H2,1-6H3/t25-,26-,27+/m1/s1. The maximum atomic E-state index is 10.8. The van der Waals surface area contributed by atoms with Crippen LogP contribution in [0.15, 0.2) is 30.3 Å². The summed E-state index contributed by atoms with van der Waals surface area (Å²) in [5.41, 5.74) is 1.16. The maximum absolute atomic E-state index is 10.8. The zero-order valence-corrected chi connectivity index (χ0v) is 23.6. The van der Waals surface area contributed by atoms with Crippen LogP contribution in [0.1, 0.15) is 91.0 Å². The van der Waals surface area contributed by atoms with E-state index < -0.39 is 14.4 Å². The van der Waals surface area contributed by atoms with Crippen LogP contribution in [0, 0.1) is 0 Å². The molecule has 5 nitrogen and oxygen atoms in total. The number of carbonyl (C=O) groups excluding carboxylic acids is 1. The molecule has 3 atom stereocenters. The summed E-state index contributed by atoms with van der Waals surface area (Å²) in [6.45, 7) is 15.2. The summed E-state index contributed by atoms with van der Waals surface area (Å²) in [6.07, 6.45) is 7.47. The monoisotopic (exact) mass is 494 g/mol. The molecule has 0 aliphatic carbocycles. The summed E-state index contributed by atoms with van der Waals surface area (Å²) in [4.78, 5) is 10.8. The second kappa shape index (κ2) is 16.5. The van der Waals surface area contributed by atoms with Crippen molar-refractivity contribution in [1.82, 2.24) is 0 Å². The fourth-order valence-electron chi connectivity index (χ4n) is 3.78. The van der Waals surface area contributed by atoms with Gasteiger partial charge in [-0.1, -0.05) is 70.9 Å². The second-order valence-corrected chi connectivity index (χ2v) is 15.8. The third-order valence-corrected chi connectivity index (χ3v) is 11.5.